The maximum atomic E-state index is 16.1. The number of ether oxygens (including phenoxy) is 7. The first-order chi connectivity index (χ1) is 52.4. The molecule has 7 aliphatic rings. The van der Waals surface area contributed by atoms with Crippen LogP contribution in [0.25, 0.3) is 11.1 Å². The van der Waals surface area contributed by atoms with Gasteiger partial charge < -0.3 is 138 Å². The smallest absolute Gasteiger partial charge is 0.334 e. The Kier molecular flexibility index (Phi) is 26.3. The number of benzene rings is 5. The van der Waals surface area contributed by atoms with E-state index in [0.717, 1.165) is 72.8 Å². The summed E-state index contributed by atoms with van der Waals surface area (Å²) in [6, 6.07) is -1.16. The maximum absolute atomic E-state index is 16.1. The van der Waals surface area contributed by atoms with E-state index in [9.17, 15) is 84.9 Å². The predicted molar refractivity (Wildman–Crippen MR) is 385 cm³/mol. The van der Waals surface area contributed by atoms with Gasteiger partial charge in [0.25, 0.3) is 0 Å². The van der Waals surface area contributed by atoms with Crippen molar-refractivity contribution in [1.29, 1.82) is 0 Å². The van der Waals surface area contributed by atoms with E-state index >= 15 is 14.4 Å². The van der Waals surface area contributed by atoms with E-state index in [1.165, 1.54) is 20.0 Å². The van der Waals surface area contributed by atoms with Gasteiger partial charge in [-0.1, -0.05) is 68.6 Å². The van der Waals surface area contributed by atoms with Crippen molar-refractivity contribution < 1.29 is 132 Å². The molecule has 36 nitrogen and oxygen atoms in total. The van der Waals surface area contributed by atoms with Crippen molar-refractivity contribution in [2.45, 2.75) is 182 Å². The van der Waals surface area contributed by atoms with Crippen molar-refractivity contribution in [1.82, 2.24) is 42.5 Å². The highest BCUT2D eigenvalue weighted by molar-refractivity contribution is 6.32. The fraction of sp³-hybridized carbons (Fsp3) is 0.466. The SMILES string of the molecule is CCCCOC(CNC1(C)CC(OC2C(O)CC(O)(CO)OC2Oc2c3cc4cc2Oc2ccc(cc2Cl)[C@@H](O)[C@@H]2NC(=O)C(NC(=O)[C@@H]4NC(=O)[C@H](CC(N)=O)NC(=O)C(NC(=O)[C@@H](CC(C)C)NC)[C@H](O)c4ccc(c(Cl)c4)O3)c3ccc(O)c(c3)-c3c(O)cc(O)cc3[C@H](C(=O)O)NC2=O)OC(C)C1O)C(=O)O. The molecule has 7 aliphatic heterocycles. The molecular weight excluding hydrogens is 1510 g/mol. The number of amides is 7. The Labute approximate surface area is 643 Å². The van der Waals surface area contributed by atoms with E-state index in [2.05, 4.69) is 42.5 Å². The molecule has 111 heavy (non-hydrogen) atoms. The highest BCUT2D eigenvalue weighted by Gasteiger charge is 2.53. The van der Waals surface area contributed by atoms with Crippen LogP contribution >= 0.6 is 23.2 Å². The molecule has 2 fully saturated rings. The van der Waals surface area contributed by atoms with Crippen LogP contribution < -0.4 is 62.5 Å². The fourth-order valence-corrected chi connectivity index (χ4v) is 14.0. The van der Waals surface area contributed by atoms with E-state index in [1.54, 1.807) is 6.92 Å². The molecule has 7 heterocycles. The summed E-state index contributed by atoms with van der Waals surface area (Å²) in [6.07, 6.45) is -16.6. The number of hydrogen-bond donors (Lipinski definition) is 20. The number of likely N-dealkylation sites (N-methyl/N-ethyl adjacent to an activating group) is 1. The number of aliphatic hydroxyl groups excluding tert-OH is 5. The van der Waals surface area contributed by atoms with Gasteiger partial charge in [-0.2, -0.15) is 0 Å². The molecule has 7 amide bonds. The summed E-state index contributed by atoms with van der Waals surface area (Å²) in [7, 11) is 1.46. The molecule has 600 valence electrons. The lowest BCUT2D eigenvalue weighted by Gasteiger charge is -2.48. The lowest BCUT2D eigenvalue weighted by Crippen LogP contribution is -2.65. The summed E-state index contributed by atoms with van der Waals surface area (Å²) in [5.74, 6) is -20.5. The molecule has 11 unspecified atom stereocenters. The Balaban J connectivity index is 1.21. The minimum atomic E-state index is -2.71. The molecule has 38 heteroatoms. The zero-order chi connectivity index (χ0) is 81.0. The summed E-state index contributed by atoms with van der Waals surface area (Å²) in [5.41, 5.74) is 1.29. The number of phenolic OH excluding ortho intramolecular Hbond substituents is 3. The van der Waals surface area contributed by atoms with E-state index in [-0.39, 0.29) is 54.4 Å². The molecule has 21 N–H and O–H groups in total. The van der Waals surface area contributed by atoms with Gasteiger partial charge in [-0.05, 0) is 117 Å². The number of hydrogen-bond acceptors (Lipinski definition) is 27. The normalized spacial score (nSPS) is 28.1. The highest BCUT2D eigenvalue weighted by atomic mass is 35.5. The standard InChI is InChI=1S/C73H87Cl2N9O27/c1-7-8-15-105-49(69(100)101)27-78-72(5)26-51(106-30(4)62(72)93)109-60-44(89)25-73(104,28-85)111-71(60)110-61-47-20-34-21-48(61)108-46-14-11-33(19-39(46)75)59(92)57-68(99)82-55(70(102)103)37-22-35(86)23-43(88)52(37)36-17-31(9-12-42(36)87)53(65(96)84-57)81-66(97)54(34)80-64(95)41(24-50(76)90)79-67(98)56(83-63(94)40(77-6)16-29(2)3)58(91)32-10-13-45(107-47)38(74)18-32/h9-14,17-23,29-30,40-41,44,49,51,53-60,62,71,77-78,85-89,91-93,104H,7-8,15-16,24-28H2,1-6H3,(H2,76,90)(H,79,98)(H,80,95)(H,81,97)(H,82,99)(H,83,94)(H,84,96)(H,100,101)(H,102,103)/t30?,40-,41+,44?,49?,51?,53?,54-,55-,56?,57+,58-,59-,60?,62?,71?,72?,73?/m1/s1. The van der Waals surface area contributed by atoms with Gasteiger partial charge in [0, 0.05) is 54.3 Å². The van der Waals surface area contributed by atoms with Crippen LogP contribution in [0, 0.1) is 5.92 Å². The van der Waals surface area contributed by atoms with Gasteiger partial charge in [-0.25, -0.2) is 9.59 Å². The lowest BCUT2D eigenvalue weighted by molar-refractivity contribution is -0.374. The largest absolute Gasteiger partial charge is 0.508 e. The number of nitrogens with one attached hydrogen (secondary N) is 8. The molecular formula is C73H87Cl2N9O27. The van der Waals surface area contributed by atoms with Gasteiger partial charge >= 0.3 is 11.9 Å². The lowest BCUT2D eigenvalue weighted by atomic mass is 9.84. The summed E-state index contributed by atoms with van der Waals surface area (Å²) in [4.78, 5) is 130. The number of aliphatic carboxylic acids is 2. The van der Waals surface area contributed by atoms with E-state index in [1.807, 2.05) is 20.8 Å². The van der Waals surface area contributed by atoms with Gasteiger partial charge in [0.1, 0.15) is 77.3 Å². The van der Waals surface area contributed by atoms with E-state index in [0.29, 0.717) is 12.8 Å². The Morgan fingerprint density at radius 2 is 1.36 bits per heavy atom. The van der Waals surface area contributed by atoms with Gasteiger partial charge in [0.15, 0.2) is 35.7 Å². The minimum absolute atomic E-state index is 0.101. The number of nitrogens with two attached hydrogens (primary N) is 1. The third kappa shape index (κ3) is 18.9. The number of carbonyl (C=O) groups is 9. The zero-order valence-corrected chi connectivity index (χ0v) is 62.0. The maximum Gasteiger partial charge on any atom is 0.334 e. The molecule has 0 spiro atoms. The third-order valence-corrected chi connectivity index (χ3v) is 20.0. The molecule has 0 saturated carbocycles. The zero-order valence-electron chi connectivity index (χ0n) is 60.5. The van der Waals surface area contributed by atoms with Crippen LogP contribution in [0.3, 0.4) is 0 Å². The van der Waals surface area contributed by atoms with Crippen molar-refractivity contribution in [3.05, 3.63) is 117 Å². The number of phenols is 3. The van der Waals surface area contributed by atoms with Crippen LogP contribution in [0.15, 0.2) is 78.9 Å². The fourth-order valence-electron chi connectivity index (χ4n) is 13.6. The Morgan fingerprint density at radius 3 is 1.95 bits per heavy atom. The second kappa shape index (κ2) is 34.9. The van der Waals surface area contributed by atoms with E-state index in [4.69, 9.17) is 62.1 Å². The number of aliphatic hydroxyl groups is 6. The van der Waals surface area contributed by atoms with Gasteiger partial charge in [0.2, 0.25) is 53.4 Å². The van der Waals surface area contributed by atoms with Crippen LogP contribution in [0.2, 0.25) is 10.0 Å². The average molecular weight is 1590 g/mol. The molecule has 18 atom stereocenters. The predicted octanol–water partition coefficient (Wildman–Crippen LogP) is 1.36. The average Bonchev–Trinajstić information content (AvgIpc) is 0.767. The number of carboxylic acids is 2. The van der Waals surface area contributed by atoms with Crippen molar-refractivity contribution >= 4 is 76.5 Å². The molecule has 11 bridgehead atoms. The number of carboxylic acid groups (broad SMARTS) is 2. The van der Waals surface area contributed by atoms with Crippen LogP contribution in [-0.4, -0.2) is 215 Å². The Bertz CT molecular complexity index is 4390. The monoisotopic (exact) mass is 1590 g/mol. The number of halogens is 2. The summed E-state index contributed by atoms with van der Waals surface area (Å²) >= 11 is 14.2. The number of carbonyl (C=O) groups excluding carboxylic acids is 7. The van der Waals surface area contributed by atoms with Crippen LogP contribution in [0.1, 0.15) is 131 Å². The Hall–Kier alpha value is -9.77. The second-order valence-corrected chi connectivity index (χ2v) is 29.0. The molecule has 2 saturated heterocycles. The first-order valence-electron chi connectivity index (χ1n) is 35.3. The molecule has 0 aliphatic carbocycles. The second-order valence-electron chi connectivity index (χ2n) is 28.2. The summed E-state index contributed by atoms with van der Waals surface area (Å²) in [6.45, 7) is 7.05. The first kappa shape index (κ1) is 83.7. The van der Waals surface area contributed by atoms with Crippen LogP contribution in [-0.2, 0) is 62.1 Å². The summed E-state index contributed by atoms with van der Waals surface area (Å²) < 4.78 is 44.4. The number of unbranched alkanes of at least 4 members (excludes halogenated alkanes) is 1. The topological polar surface area (TPSA) is 563 Å². The minimum Gasteiger partial charge on any atom is -0.508 e. The van der Waals surface area contributed by atoms with Gasteiger partial charge in [-0.3, -0.25) is 33.6 Å². The van der Waals surface area contributed by atoms with Crippen molar-refractivity contribution in [2.75, 3.05) is 26.8 Å². The van der Waals surface area contributed by atoms with Gasteiger partial charge in [0.05, 0.1) is 47.4 Å². The van der Waals surface area contributed by atoms with E-state index < -0.39 is 254 Å². The number of rotatable bonds is 21. The number of fused-ring (bicyclic) bond motifs is 15. The number of primary amides is 1. The quantitative estimate of drug-likeness (QED) is 0.0461. The summed E-state index contributed by atoms with van der Waals surface area (Å²) in [5, 5.41) is 146. The highest BCUT2D eigenvalue weighted by Crippen LogP contribution is 2.50. The van der Waals surface area contributed by atoms with Crippen molar-refractivity contribution in [2.24, 2.45) is 11.7 Å². The van der Waals surface area contributed by atoms with Gasteiger partial charge in [-0.15, -0.1) is 0 Å². The molecule has 0 radical (unpaired) electrons. The van der Waals surface area contributed by atoms with Crippen LogP contribution in [0.4, 0.5) is 0 Å². The molecule has 0 aromatic heterocycles. The number of aromatic hydroxyl groups is 3. The molecule has 12 rings (SSSR count). The third-order valence-electron chi connectivity index (χ3n) is 19.5. The molecule has 5 aromatic rings. The molecule has 5 aromatic carbocycles. The van der Waals surface area contributed by atoms with Crippen molar-refractivity contribution in [3.8, 4) is 57.1 Å². The first-order valence-corrected chi connectivity index (χ1v) is 36.0. The van der Waals surface area contributed by atoms with Crippen LogP contribution in [0.5, 0.6) is 46.0 Å². The van der Waals surface area contributed by atoms with Crippen molar-refractivity contribution in [3.63, 3.8) is 0 Å². The Morgan fingerprint density at radius 1 is 0.739 bits per heavy atom.